The van der Waals surface area contributed by atoms with E-state index in [1.807, 2.05) is 32.0 Å². The van der Waals surface area contributed by atoms with Gasteiger partial charge in [0, 0.05) is 0 Å². The van der Waals surface area contributed by atoms with Crippen molar-refractivity contribution in [2.75, 3.05) is 0 Å². The number of carboxylic acids is 2. The van der Waals surface area contributed by atoms with E-state index in [4.69, 9.17) is 24.7 Å². The van der Waals surface area contributed by atoms with Crippen molar-refractivity contribution in [1.82, 2.24) is 0 Å². The number of carbonyl (C=O) groups is 3. The van der Waals surface area contributed by atoms with Crippen molar-refractivity contribution in [3.63, 3.8) is 0 Å². The number of unbranched alkanes of at least 4 members (excludes halogenated alkanes) is 5. The number of carboxylic acid groups (broad SMARTS) is 2. The topological polar surface area (TPSA) is 119 Å². The summed E-state index contributed by atoms with van der Waals surface area (Å²) in [5.41, 5.74) is 1.13. The van der Waals surface area contributed by atoms with Crippen LogP contribution in [0.1, 0.15) is 117 Å². The summed E-state index contributed by atoms with van der Waals surface area (Å²) in [6.07, 6.45) is 10.6. The van der Waals surface area contributed by atoms with Crippen molar-refractivity contribution in [3.8, 4) is 5.75 Å². The molecule has 240 valence electrons. The molecule has 3 aromatic rings. The molecule has 0 saturated carbocycles. The molecule has 0 aromatic heterocycles. The van der Waals surface area contributed by atoms with Gasteiger partial charge in [-0.2, -0.15) is 4.89 Å². The molecule has 0 spiro atoms. The molecule has 44 heavy (non-hydrogen) atoms. The number of hydrogen-bond acceptors (Lipinski definition) is 6. The van der Waals surface area contributed by atoms with Crippen molar-refractivity contribution in [1.29, 1.82) is 0 Å². The third kappa shape index (κ3) is 17.7. The van der Waals surface area contributed by atoms with E-state index in [0.29, 0.717) is 16.9 Å². The Kier molecular flexibility index (Phi) is 20.1. The zero-order valence-corrected chi connectivity index (χ0v) is 26.4. The predicted molar refractivity (Wildman–Crippen MR) is 172 cm³/mol. The Morgan fingerprint density at radius 1 is 0.614 bits per heavy atom. The molecular formula is C36H48O8. The molecule has 0 heterocycles. The summed E-state index contributed by atoms with van der Waals surface area (Å²) in [5.74, 6) is -1.52. The normalized spacial score (nSPS) is 10.8. The average molecular weight is 609 g/mol. The first kappa shape index (κ1) is 37.9. The van der Waals surface area contributed by atoms with Crippen LogP contribution in [0.25, 0.3) is 0 Å². The number of benzene rings is 3. The molecule has 0 radical (unpaired) electrons. The first-order valence-corrected chi connectivity index (χ1v) is 15.4. The van der Waals surface area contributed by atoms with Gasteiger partial charge in [0.2, 0.25) is 0 Å². The monoisotopic (exact) mass is 608 g/mol. The van der Waals surface area contributed by atoms with Crippen LogP contribution in [0.2, 0.25) is 0 Å². The molecule has 8 nitrogen and oxygen atoms in total. The van der Waals surface area contributed by atoms with E-state index in [1.54, 1.807) is 54.6 Å². The molecule has 0 aliphatic rings. The highest BCUT2D eigenvalue weighted by Gasteiger charge is 2.14. The lowest BCUT2D eigenvalue weighted by Gasteiger charge is -2.15. The van der Waals surface area contributed by atoms with Crippen LogP contribution in [-0.2, 0) is 9.78 Å². The SMILES string of the molecule is CC(C)Oc1ccc(C(=O)O)cc1.CCCCCCCCC(CCC)OOC(=O)c1ccccc1.O=C(O)c1ccccc1. The van der Waals surface area contributed by atoms with Crippen molar-refractivity contribution in [2.45, 2.75) is 97.7 Å². The summed E-state index contributed by atoms with van der Waals surface area (Å²) >= 11 is 0. The third-order valence-electron chi connectivity index (χ3n) is 6.25. The van der Waals surface area contributed by atoms with Gasteiger partial charge in [-0.05, 0) is 75.2 Å². The number of carbonyl (C=O) groups excluding carboxylic acids is 1. The molecule has 1 unspecified atom stereocenters. The fraction of sp³-hybridized carbons (Fsp3) is 0.417. The van der Waals surface area contributed by atoms with Gasteiger partial charge in [-0.1, -0.05) is 95.2 Å². The highest BCUT2D eigenvalue weighted by Crippen LogP contribution is 2.16. The summed E-state index contributed by atoms with van der Waals surface area (Å²) in [5, 5.41) is 17.0. The summed E-state index contributed by atoms with van der Waals surface area (Å²) in [6, 6.07) is 23.6. The maximum absolute atomic E-state index is 11.9. The maximum atomic E-state index is 11.9. The van der Waals surface area contributed by atoms with Crippen LogP contribution in [0.3, 0.4) is 0 Å². The second-order valence-electron chi connectivity index (χ2n) is 10.5. The van der Waals surface area contributed by atoms with Crippen molar-refractivity contribution >= 4 is 17.9 Å². The van der Waals surface area contributed by atoms with Crippen LogP contribution in [0.4, 0.5) is 0 Å². The molecule has 0 aliphatic carbocycles. The second-order valence-corrected chi connectivity index (χ2v) is 10.5. The fourth-order valence-electron chi connectivity index (χ4n) is 3.98. The molecular weight excluding hydrogens is 560 g/mol. The van der Waals surface area contributed by atoms with Crippen molar-refractivity contribution in [2.24, 2.45) is 0 Å². The van der Waals surface area contributed by atoms with Crippen LogP contribution in [0.5, 0.6) is 5.75 Å². The fourth-order valence-corrected chi connectivity index (χ4v) is 3.98. The first-order chi connectivity index (χ1) is 21.2. The Morgan fingerprint density at radius 3 is 1.59 bits per heavy atom. The van der Waals surface area contributed by atoms with Crippen LogP contribution in [0, 0.1) is 0 Å². The zero-order valence-electron chi connectivity index (χ0n) is 26.4. The molecule has 0 saturated heterocycles. The van der Waals surface area contributed by atoms with E-state index in [0.717, 1.165) is 25.7 Å². The maximum Gasteiger partial charge on any atom is 0.373 e. The zero-order chi connectivity index (χ0) is 32.6. The first-order valence-electron chi connectivity index (χ1n) is 15.4. The van der Waals surface area contributed by atoms with Gasteiger partial charge in [0.15, 0.2) is 0 Å². The number of aromatic carboxylic acids is 2. The van der Waals surface area contributed by atoms with Gasteiger partial charge in [0.05, 0.1) is 22.8 Å². The minimum Gasteiger partial charge on any atom is -0.491 e. The van der Waals surface area contributed by atoms with Gasteiger partial charge in [-0.15, -0.1) is 0 Å². The third-order valence-corrected chi connectivity index (χ3v) is 6.25. The van der Waals surface area contributed by atoms with Crippen LogP contribution >= 0.6 is 0 Å². The molecule has 0 aliphatic heterocycles. The molecule has 1 atom stereocenters. The molecule has 3 rings (SSSR count). The summed E-state index contributed by atoms with van der Waals surface area (Å²) in [6.45, 7) is 8.19. The van der Waals surface area contributed by atoms with Gasteiger partial charge < -0.3 is 14.9 Å². The molecule has 0 amide bonds. The van der Waals surface area contributed by atoms with Gasteiger partial charge in [0.25, 0.3) is 0 Å². The minimum atomic E-state index is -0.920. The minimum absolute atomic E-state index is 0.0174. The Balaban J connectivity index is 0.000000369. The lowest BCUT2D eigenvalue weighted by atomic mass is 10.0. The van der Waals surface area contributed by atoms with Gasteiger partial charge >= 0.3 is 17.9 Å². The quantitative estimate of drug-likeness (QED) is 0.0938. The predicted octanol–water partition coefficient (Wildman–Crippen LogP) is 9.25. The van der Waals surface area contributed by atoms with E-state index < -0.39 is 17.9 Å². The van der Waals surface area contributed by atoms with Gasteiger partial charge in [0.1, 0.15) is 11.9 Å². The van der Waals surface area contributed by atoms with Crippen molar-refractivity contribution in [3.05, 3.63) is 102 Å². The average Bonchev–Trinajstić information content (AvgIpc) is 3.02. The number of hydrogen-bond donors (Lipinski definition) is 2. The second kappa shape index (κ2) is 23.3. The largest absolute Gasteiger partial charge is 0.491 e. The van der Waals surface area contributed by atoms with Crippen molar-refractivity contribution < 1.29 is 39.1 Å². The summed E-state index contributed by atoms with van der Waals surface area (Å²) in [7, 11) is 0. The summed E-state index contributed by atoms with van der Waals surface area (Å²) in [4.78, 5) is 42.9. The van der Waals surface area contributed by atoms with E-state index in [-0.39, 0.29) is 17.8 Å². The Morgan fingerprint density at radius 2 is 1.11 bits per heavy atom. The summed E-state index contributed by atoms with van der Waals surface area (Å²) < 4.78 is 5.36. The lowest BCUT2D eigenvalue weighted by molar-refractivity contribution is -0.277. The molecule has 3 aromatic carbocycles. The molecule has 0 bridgehead atoms. The van der Waals surface area contributed by atoms with E-state index in [1.165, 1.54) is 44.2 Å². The smallest absolute Gasteiger partial charge is 0.373 e. The Labute approximate surface area is 261 Å². The molecule has 2 N–H and O–H groups in total. The highest BCUT2D eigenvalue weighted by atomic mass is 17.2. The Bertz CT molecular complexity index is 1180. The van der Waals surface area contributed by atoms with Crippen LogP contribution in [-0.4, -0.2) is 40.3 Å². The number of ether oxygens (including phenoxy) is 1. The highest BCUT2D eigenvalue weighted by molar-refractivity contribution is 5.89. The van der Waals surface area contributed by atoms with E-state index >= 15 is 0 Å². The van der Waals surface area contributed by atoms with Crippen LogP contribution < -0.4 is 4.74 Å². The van der Waals surface area contributed by atoms with Gasteiger partial charge in [-0.3, -0.25) is 4.89 Å². The number of rotatable bonds is 16. The lowest BCUT2D eigenvalue weighted by Crippen LogP contribution is -2.16. The molecule has 8 heteroatoms. The Hall–Kier alpha value is -4.17. The van der Waals surface area contributed by atoms with Crippen LogP contribution in [0.15, 0.2) is 84.9 Å². The van der Waals surface area contributed by atoms with E-state index in [2.05, 4.69) is 13.8 Å². The molecule has 0 fully saturated rings. The van der Waals surface area contributed by atoms with E-state index in [9.17, 15) is 14.4 Å². The van der Waals surface area contributed by atoms with Gasteiger partial charge in [-0.25, -0.2) is 14.4 Å². The standard InChI is InChI=1S/C19H30O3.C10H12O3.C7H6O2/c1-3-5-6-7-8-12-16-18(13-4-2)21-22-19(20)17-14-10-9-11-15-17;1-7(2)13-9-5-3-8(4-6-9)10(11)12;8-7(9)6-4-2-1-3-5-6/h9-11,14-15,18H,3-8,12-13,16H2,1-2H3;3-7H,1-2H3,(H,11,12);1-5H,(H,8,9).